The molecule has 2 aromatic carbocycles. The van der Waals surface area contributed by atoms with Crippen LogP contribution >= 0.6 is 0 Å². The van der Waals surface area contributed by atoms with Crippen molar-refractivity contribution in [3.8, 4) is 5.75 Å². The van der Waals surface area contributed by atoms with Crippen molar-refractivity contribution in [2.24, 2.45) is 5.92 Å². The summed E-state index contributed by atoms with van der Waals surface area (Å²) in [7, 11) is 1.56. The minimum atomic E-state index is -0.509. The molecule has 0 aliphatic carbocycles. The highest BCUT2D eigenvalue weighted by molar-refractivity contribution is 6.03. The molecular weight excluding hydrogens is 389 g/mol. The number of rotatable bonds is 5. The van der Waals surface area contributed by atoms with E-state index in [0.717, 1.165) is 0 Å². The van der Waals surface area contributed by atoms with Crippen molar-refractivity contribution in [3.05, 3.63) is 48.3 Å². The summed E-state index contributed by atoms with van der Waals surface area (Å²) in [5.41, 5.74) is 1.56. The Morgan fingerprint density at radius 3 is 2.73 bits per heavy atom. The van der Waals surface area contributed by atoms with Crippen molar-refractivity contribution >= 4 is 28.9 Å². The number of methoxy groups -OCH3 is 1. The number of nitrogens with zero attached hydrogens (tertiary/aromatic N) is 2. The molecule has 2 saturated heterocycles. The van der Waals surface area contributed by atoms with Crippen molar-refractivity contribution in [2.75, 3.05) is 55.1 Å². The summed E-state index contributed by atoms with van der Waals surface area (Å²) >= 11 is 0. The molecule has 0 bridgehead atoms. The number of hydrogen-bond donors (Lipinski definition) is 1. The van der Waals surface area contributed by atoms with Gasteiger partial charge >= 0.3 is 0 Å². The summed E-state index contributed by atoms with van der Waals surface area (Å²) in [5.74, 6) is -0.686. The van der Waals surface area contributed by atoms with Crippen molar-refractivity contribution in [1.82, 2.24) is 0 Å². The molecule has 7 nitrogen and oxygen atoms in total. The largest absolute Gasteiger partial charge is 0.497 e. The molecule has 8 heteroatoms. The average molecular weight is 413 g/mol. The summed E-state index contributed by atoms with van der Waals surface area (Å²) < 4.78 is 25.1. The quantitative estimate of drug-likeness (QED) is 0.816. The Bertz CT molecular complexity index is 946. The number of ether oxygens (including phenoxy) is 2. The average Bonchev–Trinajstić information content (AvgIpc) is 3.16. The molecule has 2 heterocycles. The number of hydrogen-bond acceptors (Lipinski definition) is 5. The zero-order valence-corrected chi connectivity index (χ0v) is 16.8. The molecule has 2 fully saturated rings. The van der Waals surface area contributed by atoms with Crippen LogP contribution in [0.4, 0.5) is 21.5 Å². The van der Waals surface area contributed by atoms with Crippen LogP contribution in [0.15, 0.2) is 42.5 Å². The summed E-state index contributed by atoms with van der Waals surface area (Å²) in [5, 5.41) is 2.74. The van der Waals surface area contributed by atoms with Gasteiger partial charge in [0.05, 0.1) is 31.9 Å². The van der Waals surface area contributed by atoms with Crippen LogP contribution in [0.2, 0.25) is 0 Å². The van der Waals surface area contributed by atoms with Crippen molar-refractivity contribution < 1.29 is 23.5 Å². The monoisotopic (exact) mass is 413 g/mol. The smallest absolute Gasteiger partial charge is 0.229 e. The van der Waals surface area contributed by atoms with Gasteiger partial charge in [0.25, 0.3) is 0 Å². The van der Waals surface area contributed by atoms with Gasteiger partial charge in [0.15, 0.2) is 0 Å². The van der Waals surface area contributed by atoms with E-state index >= 15 is 0 Å². The Morgan fingerprint density at radius 2 is 2.00 bits per heavy atom. The Labute approximate surface area is 174 Å². The van der Waals surface area contributed by atoms with Crippen LogP contribution in [0.5, 0.6) is 5.75 Å². The van der Waals surface area contributed by atoms with E-state index in [4.69, 9.17) is 9.47 Å². The first-order valence-corrected chi connectivity index (χ1v) is 9.92. The predicted molar refractivity (Wildman–Crippen MR) is 112 cm³/mol. The topological polar surface area (TPSA) is 71.1 Å². The van der Waals surface area contributed by atoms with Gasteiger partial charge in [0.1, 0.15) is 11.6 Å². The van der Waals surface area contributed by atoms with E-state index in [2.05, 4.69) is 5.32 Å². The standard InChI is InChI=1S/C22H24FN3O4/c1-29-18-4-2-3-17(13-18)26-14-15(11-21(26)27)22(28)24-16-5-6-20(19(23)12-16)25-7-9-30-10-8-25/h2-6,12-13,15H,7-11,14H2,1H3,(H,24,28). The second-order valence-corrected chi connectivity index (χ2v) is 7.36. The fourth-order valence-corrected chi connectivity index (χ4v) is 3.80. The maximum absolute atomic E-state index is 14.6. The third kappa shape index (κ3) is 4.23. The van der Waals surface area contributed by atoms with E-state index in [1.54, 1.807) is 48.4 Å². The maximum atomic E-state index is 14.6. The molecule has 1 unspecified atom stereocenters. The maximum Gasteiger partial charge on any atom is 0.229 e. The Kier molecular flexibility index (Phi) is 5.85. The van der Waals surface area contributed by atoms with Crippen LogP contribution in [0.1, 0.15) is 6.42 Å². The minimum absolute atomic E-state index is 0.109. The minimum Gasteiger partial charge on any atom is -0.497 e. The van der Waals surface area contributed by atoms with Crippen LogP contribution in [0.25, 0.3) is 0 Å². The molecule has 30 heavy (non-hydrogen) atoms. The Morgan fingerprint density at radius 1 is 1.20 bits per heavy atom. The lowest BCUT2D eigenvalue weighted by Crippen LogP contribution is -2.36. The number of carbonyl (C=O) groups is 2. The first-order valence-electron chi connectivity index (χ1n) is 9.92. The van der Waals surface area contributed by atoms with Crippen LogP contribution in [0.3, 0.4) is 0 Å². The van der Waals surface area contributed by atoms with Crippen LogP contribution in [-0.4, -0.2) is 51.8 Å². The molecule has 0 saturated carbocycles. The lowest BCUT2D eigenvalue weighted by molar-refractivity contribution is -0.122. The van der Waals surface area contributed by atoms with E-state index in [-0.39, 0.29) is 24.8 Å². The molecule has 2 aromatic rings. The fraction of sp³-hybridized carbons (Fsp3) is 0.364. The lowest BCUT2D eigenvalue weighted by atomic mass is 10.1. The number of benzene rings is 2. The van der Waals surface area contributed by atoms with E-state index in [1.807, 2.05) is 4.90 Å². The van der Waals surface area contributed by atoms with Gasteiger partial charge in [0.2, 0.25) is 11.8 Å². The van der Waals surface area contributed by atoms with Crippen LogP contribution in [-0.2, 0) is 14.3 Å². The molecule has 2 aliphatic heterocycles. The first-order chi connectivity index (χ1) is 14.5. The van der Waals surface area contributed by atoms with E-state index in [1.165, 1.54) is 6.07 Å². The first kappa shape index (κ1) is 20.2. The number of anilines is 3. The third-order valence-corrected chi connectivity index (χ3v) is 5.43. The molecule has 1 N–H and O–H groups in total. The van der Waals surface area contributed by atoms with E-state index in [0.29, 0.717) is 49.1 Å². The van der Waals surface area contributed by atoms with Gasteiger partial charge in [-0.25, -0.2) is 4.39 Å². The van der Waals surface area contributed by atoms with Gasteiger partial charge < -0.3 is 24.6 Å². The molecule has 4 rings (SSSR count). The highest BCUT2D eigenvalue weighted by atomic mass is 19.1. The van der Waals surface area contributed by atoms with Gasteiger partial charge in [-0.15, -0.1) is 0 Å². The Hall–Kier alpha value is -3.13. The zero-order chi connectivity index (χ0) is 21.1. The molecule has 1 atom stereocenters. The zero-order valence-electron chi connectivity index (χ0n) is 16.8. The number of morpholine rings is 1. The van der Waals surface area contributed by atoms with Crippen molar-refractivity contribution in [3.63, 3.8) is 0 Å². The molecule has 0 aromatic heterocycles. The molecule has 0 spiro atoms. The second kappa shape index (κ2) is 8.71. The Balaban J connectivity index is 1.41. The van der Waals surface area contributed by atoms with Crippen molar-refractivity contribution in [1.29, 1.82) is 0 Å². The highest BCUT2D eigenvalue weighted by Gasteiger charge is 2.35. The lowest BCUT2D eigenvalue weighted by Gasteiger charge is -2.29. The predicted octanol–water partition coefficient (Wildman–Crippen LogP) is 2.66. The van der Waals surface area contributed by atoms with Crippen molar-refractivity contribution in [2.45, 2.75) is 6.42 Å². The van der Waals surface area contributed by atoms with Gasteiger partial charge in [-0.1, -0.05) is 6.07 Å². The molecular formula is C22H24FN3O4. The highest BCUT2D eigenvalue weighted by Crippen LogP contribution is 2.29. The summed E-state index contributed by atoms with van der Waals surface area (Å²) in [6.07, 6.45) is 0.109. The summed E-state index contributed by atoms with van der Waals surface area (Å²) in [4.78, 5) is 28.6. The molecule has 2 amide bonds. The van der Waals surface area contributed by atoms with Gasteiger partial charge in [-0.2, -0.15) is 0 Å². The molecule has 0 radical (unpaired) electrons. The summed E-state index contributed by atoms with van der Waals surface area (Å²) in [6, 6.07) is 11.8. The number of carbonyl (C=O) groups excluding carboxylic acids is 2. The third-order valence-electron chi connectivity index (χ3n) is 5.43. The van der Waals surface area contributed by atoms with E-state index in [9.17, 15) is 14.0 Å². The fourth-order valence-electron chi connectivity index (χ4n) is 3.80. The number of halogens is 1. The second-order valence-electron chi connectivity index (χ2n) is 7.36. The van der Waals surface area contributed by atoms with Gasteiger partial charge in [-0.05, 0) is 30.3 Å². The van der Waals surface area contributed by atoms with Crippen LogP contribution < -0.4 is 19.9 Å². The molecule has 2 aliphatic rings. The number of nitrogens with one attached hydrogen (secondary N) is 1. The van der Waals surface area contributed by atoms with Gasteiger partial charge in [0, 0.05) is 43.5 Å². The normalized spacial score (nSPS) is 19.1. The van der Waals surface area contributed by atoms with Gasteiger partial charge in [-0.3, -0.25) is 9.59 Å². The van der Waals surface area contributed by atoms with E-state index < -0.39 is 11.7 Å². The van der Waals surface area contributed by atoms with Crippen LogP contribution in [0, 0.1) is 11.7 Å². The molecule has 158 valence electrons. The SMILES string of the molecule is COc1cccc(N2CC(C(=O)Nc3ccc(N4CCOCC4)c(F)c3)CC2=O)c1. The number of amides is 2. The summed E-state index contributed by atoms with van der Waals surface area (Å²) in [6.45, 7) is 2.67.